The Morgan fingerprint density at radius 1 is 1.36 bits per heavy atom. The molecule has 11 heavy (non-hydrogen) atoms. The molecule has 0 amide bonds. The van der Waals surface area contributed by atoms with Crippen LogP contribution < -0.4 is 4.72 Å². The number of sulfonamides is 1. The highest BCUT2D eigenvalue weighted by Gasteiger charge is 2.03. The van der Waals surface area contributed by atoms with Gasteiger partial charge in [0.1, 0.15) is 0 Å². The van der Waals surface area contributed by atoms with Gasteiger partial charge in [-0.1, -0.05) is 0 Å². The molecule has 0 aromatic carbocycles. The minimum absolute atomic E-state index is 0.124. The molecule has 0 aliphatic heterocycles. The van der Waals surface area contributed by atoms with Crippen LogP contribution in [0.4, 0.5) is 0 Å². The van der Waals surface area contributed by atoms with Crippen molar-refractivity contribution >= 4 is 10.0 Å². The fourth-order valence-corrected chi connectivity index (χ4v) is 1.11. The first kappa shape index (κ1) is 10.9. The molecule has 0 rings (SSSR count). The van der Waals surface area contributed by atoms with E-state index < -0.39 is 10.0 Å². The summed E-state index contributed by atoms with van der Waals surface area (Å²) in [5, 5.41) is 0. The van der Waals surface area contributed by atoms with Crippen molar-refractivity contribution in [2.45, 2.75) is 13.8 Å². The predicted molar refractivity (Wildman–Crippen MR) is 44.0 cm³/mol. The highest BCUT2D eigenvalue weighted by molar-refractivity contribution is 7.89. The van der Waals surface area contributed by atoms with Crippen molar-refractivity contribution in [3.63, 3.8) is 0 Å². The summed E-state index contributed by atoms with van der Waals surface area (Å²) in [7, 11) is -3.03. The molecule has 0 aliphatic carbocycles. The molecule has 4 nitrogen and oxygen atoms in total. The van der Waals surface area contributed by atoms with Gasteiger partial charge in [-0.05, 0) is 13.8 Å². The molecule has 0 saturated heterocycles. The molecule has 0 unspecified atom stereocenters. The summed E-state index contributed by atoms with van der Waals surface area (Å²) >= 11 is 0. The molecule has 0 fully saturated rings. The topological polar surface area (TPSA) is 55.4 Å². The molecule has 0 aromatic rings. The summed E-state index contributed by atoms with van der Waals surface area (Å²) in [4.78, 5) is 0. The largest absolute Gasteiger partial charge is 0.380 e. The molecule has 0 aliphatic rings. The first-order chi connectivity index (χ1) is 5.12. The van der Waals surface area contributed by atoms with Crippen molar-refractivity contribution in [2.75, 3.05) is 25.5 Å². The van der Waals surface area contributed by atoms with Gasteiger partial charge in [0.25, 0.3) is 0 Å². The standard InChI is InChI=1S/C6H15NO3S/c1-3-10-6-5-7-11(8,9)4-2/h7H,3-6H2,1-2H3. The Hall–Kier alpha value is -0.130. The van der Waals surface area contributed by atoms with Crippen LogP contribution in [0, 0.1) is 0 Å². The van der Waals surface area contributed by atoms with E-state index >= 15 is 0 Å². The lowest BCUT2D eigenvalue weighted by molar-refractivity contribution is 0.153. The van der Waals surface area contributed by atoms with Gasteiger partial charge in [-0.3, -0.25) is 0 Å². The second kappa shape index (κ2) is 5.51. The van der Waals surface area contributed by atoms with Gasteiger partial charge in [0.05, 0.1) is 12.4 Å². The van der Waals surface area contributed by atoms with E-state index in [1.807, 2.05) is 6.92 Å². The van der Waals surface area contributed by atoms with Gasteiger partial charge in [-0.15, -0.1) is 0 Å². The van der Waals surface area contributed by atoms with Crippen molar-refractivity contribution < 1.29 is 13.2 Å². The second-order valence-electron chi connectivity index (χ2n) is 1.99. The fourth-order valence-electron chi connectivity index (χ4n) is 0.516. The summed E-state index contributed by atoms with van der Waals surface area (Å²) < 4.78 is 28.9. The number of hydrogen-bond donors (Lipinski definition) is 1. The van der Waals surface area contributed by atoms with Crippen LogP contribution in [0.1, 0.15) is 13.8 Å². The highest BCUT2D eigenvalue weighted by atomic mass is 32.2. The molecular weight excluding hydrogens is 166 g/mol. The number of rotatable bonds is 6. The van der Waals surface area contributed by atoms with E-state index in [4.69, 9.17) is 4.74 Å². The van der Waals surface area contributed by atoms with E-state index in [9.17, 15) is 8.42 Å². The van der Waals surface area contributed by atoms with E-state index in [-0.39, 0.29) is 5.75 Å². The minimum Gasteiger partial charge on any atom is -0.380 e. The van der Waals surface area contributed by atoms with Crippen molar-refractivity contribution in [1.29, 1.82) is 0 Å². The van der Waals surface area contributed by atoms with Gasteiger partial charge in [0.2, 0.25) is 10.0 Å². The smallest absolute Gasteiger partial charge is 0.211 e. The lowest BCUT2D eigenvalue weighted by Crippen LogP contribution is -2.28. The maximum atomic E-state index is 10.8. The number of ether oxygens (including phenoxy) is 1. The summed E-state index contributed by atoms with van der Waals surface area (Å²) in [6, 6.07) is 0. The SMILES string of the molecule is CCOCCNS(=O)(=O)CC. The predicted octanol–water partition coefficient (Wildman–Crippen LogP) is -0.0378. The Morgan fingerprint density at radius 3 is 2.45 bits per heavy atom. The first-order valence-corrected chi connectivity index (χ1v) is 5.32. The summed E-state index contributed by atoms with van der Waals surface area (Å²) in [5.41, 5.74) is 0. The van der Waals surface area contributed by atoms with Crippen LogP contribution in [0.25, 0.3) is 0 Å². The Balaban J connectivity index is 3.39. The van der Waals surface area contributed by atoms with Crippen LogP contribution in [0.2, 0.25) is 0 Å². The molecular formula is C6H15NO3S. The van der Waals surface area contributed by atoms with Gasteiger partial charge in [0, 0.05) is 13.2 Å². The molecule has 0 spiro atoms. The van der Waals surface area contributed by atoms with Crippen LogP contribution >= 0.6 is 0 Å². The zero-order chi connectivity index (χ0) is 8.74. The van der Waals surface area contributed by atoms with Gasteiger partial charge >= 0.3 is 0 Å². The molecule has 0 atom stereocenters. The molecule has 0 aromatic heterocycles. The lowest BCUT2D eigenvalue weighted by atomic mass is 10.7. The molecule has 0 radical (unpaired) electrons. The summed E-state index contributed by atoms with van der Waals surface area (Å²) in [6.07, 6.45) is 0. The van der Waals surface area contributed by atoms with Crippen LogP contribution in [-0.2, 0) is 14.8 Å². The average molecular weight is 181 g/mol. The third-order valence-electron chi connectivity index (χ3n) is 1.15. The van der Waals surface area contributed by atoms with Crippen LogP contribution in [0.15, 0.2) is 0 Å². The Morgan fingerprint density at radius 2 is 2.00 bits per heavy atom. The van der Waals surface area contributed by atoms with E-state index in [0.29, 0.717) is 19.8 Å². The average Bonchev–Trinajstić information content (AvgIpc) is 1.99. The quantitative estimate of drug-likeness (QED) is 0.585. The van der Waals surface area contributed by atoms with E-state index in [0.717, 1.165) is 0 Å². The minimum atomic E-state index is -3.03. The normalized spacial score (nSPS) is 11.8. The maximum Gasteiger partial charge on any atom is 0.211 e. The van der Waals surface area contributed by atoms with Gasteiger partial charge < -0.3 is 4.74 Å². The lowest BCUT2D eigenvalue weighted by Gasteiger charge is -2.03. The van der Waals surface area contributed by atoms with E-state index in [2.05, 4.69) is 4.72 Å². The van der Waals surface area contributed by atoms with Gasteiger partial charge in [0.15, 0.2) is 0 Å². The van der Waals surface area contributed by atoms with Crippen molar-refractivity contribution in [3.05, 3.63) is 0 Å². The summed E-state index contributed by atoms with van der Waals surface area (Å²) in [5.74, 6) is 0.124. The van der Waals surface area contributed by atoms with Crippen LogP contribution in [0.5, 0.6) is 0 Å². The van der Waals surface area contributed by atoms with Crippen molar-refractivity contribution in [1.82, 2.24) is 4.72 Å². The van der Waals surface area contributed by atoms with Crippen LogP contribution in [-0.4, -0.2) is 33.9 Å². The molecule has 0 bridgehead atoms. The van der Waals surface area contributed by atoms with Crippen molar-refractivity contribution in [2.24, 2.45) is 0 Å². The molecule has 68 valence electrons. The molecule has 0 heterocycles. The Bertz CT molecular complexity index is 176. The zero-order valence-corrected chi connectivity index (χ0v) is 7.78. The van der Waals surface area contributed by atoms with E-state index in [1.165, 1.54) is 0 Å². The van der Waals surface area contributed by atoms with Gasteiger partial charge in [-0.25, -0.2) is 13.1 Å². The fraction of sp³-hybridized carbons (Fsp3) is 1.00. The summed E-state index contributed by atoms with van der Waals surface area (Å²) in [6.45, 7) is 4.89. The molecule has 5 heteroatoms. The zero-order valence-electron chi connectivity index (χ0n) is 6.96. The highest BCUT2D eigenvalue weighted by Crippen LogP contribution is 1.81. The first-order valence-electron chi connectivity index (χ1n) is 3.67. The third-order valence-corrected chi connectivity index (χ3v) is 2.56. The maximum absolute atomic E-state index is 10.8. The van der Waals surface area contributed by atoms with E-state index in [1.54, 1.807) is 6.92 Å². The van der Waals surface area contributed by atoms with Gasteiger partial charge in [-0.2, -0.15) is 0 Å². The Kier molecular flexibility index (Phi) is 5.45. The van der Waals surface area contributed by atoms with Crippen LogP contribution in [0.3, 0.4) is 0 Å². The number of nitrogens with one attached hydrogen (secondary N) is 1. The van der Waals surface area contributed by atoms with Crippen molar-refractivity contribution in [3.8, 4) is 0 Å². The molecule has 0 saturated carbocycles. The molecule has 1 N–H and O–H groups in total. The third kappa shape index (κ3) is 6.28. The number of hydrogen-bond acceptors (Lipinski definition) is 3. The second-order valence-corrected chi connectivity index (χ2v) is 4.09. The monoisotopic (exact) mass is 181 g/mol. The Labute approximate surface area is 68.0 Å².